The second-order valence-corrected chi connectivity index (χ2v) is 5.20. The van der Waals surface area contributed by atoms with Crippen LogP contribution < -0.4 is 5.32 Å². The summed E-state index contributed by atoms with van der Waals surface area (Å²) in [6, 6.07) is 9.31. The highest BCUT2D eigenvalue weighted by Crippen LogP contribution is 2.27. The summed E-state index contributed by atoms with van der Waals surface area (Å²) < 4.78 is 0. The summed E-state index contributed by atoms with van der Waals surface area (Å²) in [5, 5.41) is 3.20. The predicted octanol–water partition coefficient (Wildman–Crippen LogP) is 3.21. The highest BCUT2D eigenvalue weighted by Gasteiger charge is 2.23. The van der Waals surface area contributed by atoms with Crippen LogP contribution in [0.15, 0.2) is 30.3 Å². The summed E-state index contributed by atoms with van der Waals surface area (Å²) in [6.45, 7) is 0.696. The summed E-state index contributed by atoms with van der Waals surface area (Å²) >= 11 is 6.26. The average molecular weight is 252 g/mol. The molecule has 2 unspecified atom stereocenters. The van der Waals surface area contributed by atoms with E-state index in [1.807, 2.05) is 30.3 Å². The van der Waals surface area contributed by atoms with E-state index in [1.54, 1.807) is 0 Å². The lowest BCUT2D eigenvalue weighted by molar-refractivity contribution is 0.0944. The number of halogens is 1. The molecule has 0 bridgehead atoms. The van der Waals surface area contributed by atoms with Crippen LogP contribution in [0.25, 0.3) is 0 Å². The predicted molar refractivity (Wildman–Crippen MR) is 70.4 cm³/mol. The zero-order valence-corrected chi connectivity index (χ0v) is 10.6. The van der Waals surface area contributed by atoms with Crippen LogP contribution in [0.5, 0.6) is 0 Å². The van der Waals surface area contributed by atoms with Gasteiger partial charge in [-0.1, -0.05) is 31.0 Å². The normalized spacial score (nSPS) is 24.3. The molecule has 0 radical (unpaired) electrons. The molecule has 1 aliphatic rings. The lowest BCUT2D eigenvalue weighted by atomic mass is 9.88. The maximum Gasteiger partial charge on any atom is 0.251 e. The van der Waals surface area contributed by atoms with Gasteiger partial charge in [0.15, 0.2) is 0 Å². The SMILES string of the molecule is O=C(NCC1CCCCC1Cl)c1ccccc1. The van der Waals surface area contributed by atoms with Crippen molar-refractivity contribution in [2.45, 2.75) is 31.1 Å². The number of hydrogen-bond donors (Lipinski definition) is 1. The minimum atomic E-state index is 0.0000372. The van der Waals surface area contributed by atoms with Gasteiger partial charge in [0.2, 0.25) is 0 Å². The molecule has 2 nitrogen and oxygen atoms in total. The van der Waals surface area contributed by atoms with Crippen LogP contribution in [-0.4, -0.2) is 17.8 Å². The smallest absolute Gasteiger partial charge is 0.251 e. The monoisotopic (exact) mass is 251 g/mol. The first-order valence-electron chi connectivity index (χ1n) is 6.24. The minimum absolute atomic E-state index is 0.0000372. The molecule has 1 saturated carbocycles. The third-order valence-electron chi connectivity index (χ3n) is 3.38. The number of alkyl halides is 1. The largest absolute Gasteiger partial charge is 0.352 e. The molecule has 1 aromatic rings. The summed E-state index contributed by atoms with van der Waals surface area (Å²) in [4.78, 5) is 11.8. The van der Waals surface area contributed by atoms with Crippen molar-refractivity contribution in [2.75, 3.05) is 6.54 Å². The maximum absolute atomic E-state index is 11.8. The number of amides is 1. The van der Waals surface area contributed by atoms with E-state index >= 15 is 0 Å². The van der Waals surface area contributed by atoms with Crippen molar-refractivity contribution in [3.05, 3.63) is 35.9 Å². The Morgan fingerprint density at radius 1 is 1.24 bits per heavy atom. The molecule has 1 fully saturated rings. The summed E-state index contributed by atoms with van der Waals surface area (Å²) in [5.41, 5.74) is 0.717. The van der Waals surface area contributed by atoms with E-state index in [1.165, 1.54) is 12.8 Å². The molecule has 17 heavy (non-hydrogen) atoms. The fourth-order valence-electron chi connectivity index (χ4n) is 2.31. The van der Waals surface area contributed by atoms with Gasteiger partial charge >= 0.3 is 0 Å². The molecule has 2 rings (SSSR count). The van der Waals surface area contributed by atoms with Crippen LogP contribution in [0.2, 0.25) is 0 Å². The van der Waals surface area contributed by atoms with Crippen molar-refractivity contribution >= 4 is 17.5 Å². The van der Waals surface area contributed by atoms with Crippen molar-refractivity contribution < 1.29 is 4.79 Å². The van der Waals surface area contributed by atoms with Gasteiger partial charge in [-0.15, -0.1) is 11.6 Å². The number of hydrogen-bond acceptors (Lipinski definition) is 1. The van der Waals surface area contributed by atoms with Crippen molar-refractivity contribution in [2.24, 2.45) is 5.92 Å². The van der Waals surface area contributed by atoms with Gasteiger partial charge in [-0.05, 0) is 30.9 Å². The Morgan fingerprint density at radius 2 is 1.94 bits per heavy atom. The lowest BCUT2D eigenvalue weighted by Gasteiger charge is -2.27. The van der Waals surface area contributed by atoms with Crippen molar-refractivity contribution in [1.82, 2.24) is 5.32 Å². The van der Waals surface area contributed by atoms with Gasteiger partial charge in [0.1, 0.15) is 0 Å². The molecule has 92 valence electrons. The summed E-state index contributed by atoms with van der Waals surface area (Å²) in [6.07, 6.45) is 4.66. The van der Waals surface area contributed by atoms with E-state index in [0.29, 0.717) is 12.5 Å². The fraction of sp³-hybridized carbons (Fsp3) is 0.500. The summed E-state index contributed by atoms with van der Waals surface area (Å²) in [7, 11) is 0. The van der Waals surface area contributed by atoms with Crippen molar-refractivity contribution in [3.63, 3.8) is 0 Å². The molecule has 2 atom stereocenters. The van der Waals surface area contributed by atoms with Gasteiger partial charge in [-0.3, -0.25) is 4.79 Å². The van der Waals surface area contributed by atoms with Crippen LogP contribution in [0.1, 0.15) is 36.0 Å². The Hall–Kier alpha value is -1.02. The van der Waals surface area contributed by atoms with E-state index in [0.717, 1.165) is 18.4 Å². The third kappa shape index (κ3) is 3.47. The third-order valence-corrected chi connectivity index (χ3v) is 3.95. The number of carbonyl (C=O) groups is 1. The molecule has 1 aromatic carbocycles. The van der Waals surface area contributed by atoms with Crippen LogP contribution >= 0.6 is 11.6 Å². The minimum Gasteiger partial charge on any atom is -0.352 e. The van der Waals surface area contributed by atoms with Gasteiger partial charge in [-0.2, -0.15) is 0 Å². The van der Waals surface area contributed by atoms with Crippen LogP contribution in [0.4, 0.5) is 0 Å². The van der Waals surface area contributed by atoms with E-state index in [4.69, 9.17) is 11.6 Å². The molecule has 1 amide bonds. The lowest BCUT2D eigenvalue weighted by Crippen LogP contribution is -2.34. The first-order valence-corrected chi connectivity index (χ1v) is 6.68. The number of benzene rings is 1. The van der Waals surface area contributed by atoms with Crippen LogP contribution in [0.3, 0.4) is 0 Å². The second kappa shape index (κ2) is 6.06. The van der Waals surface area contributed by atoms with Gasteiger partial charge < -0.3 is 5.32 Å². The average Bonchev–Trinajstić information content (AvgIpc) is 2.38. The molecular formula is C14H18ClNO. The molecule has 0 aromatic heterocycles. The zero-order chi connectivity index (χ0) is 12.1. The van der Waals surface area contributed by atoms with E-state index in [-0.39, 0.29) is 11.3 Å². The van der Waals surface area contributed by atoms with E-state index < -0.39 is 0 Å². The zero-order valence-electron chi connectivity index (χ0n) is 9.86. The van der Waals surface area contributed by atoms with Crippen LogP contribution in [-0.2, 0) is 0 Å². The number of carbonyl (C=O) groups excluding carboxylic acids is 1. The topological polar surface area (TPSA) is 29.1 Å². The van der Waals surface area contributed by atoms with Gasteiger partial charge in [0, 0.05) is 17.5 Å². The van der Waals surface area contributed by atoms with Crippen molar-refractivity contribution in [1.29, 1.82) is 0 Å². The number of nitrogens with one attached hydrogen (secondary N) is 1. The standard InChI is InChI=1S/C14H18ClNO/c15-13-9-5-4-8-12(13)10-16-14(17)11-6-2-1-3-7-11/h1-3,6-7,12-13H,4-5,8-10H2,(H,16,17). The van der Waals surface area contributed by atoms with E-state index in [2.05, 4.69) is 5.32 Å². The molecule has 1 N–H and O–H groups in total. The Balaban J connectivity index is 1.84. The Labute approximate surface area is 107 Å². The molecule has 0 spiro atoms. The number of rotatable bonds is 3. The molecule has 0 aliphatic heterocycles. The molecule has 0 heterocycles. The molecule has 0 saturated heterocycles. The first-order chi connectivity index (χ1) is 8.27. The second-order valence-electron chi connectivity index (χ2n) is 4.64. The molecular weight excluding hydrogens is 234 g/mol. The van der Waals surface area contributed by atoms with Crippen molar-refractivity contribution in [3.8, 4) is 0 Å². The van der Waals surface area contributed by atoms with Gasteiger partial charge in [-0.25, -0.2) is 0 Å². The fourth-order valence-corrected chi connectivity index (χ4v) is 2.68. The van der Waals surface area contributed by atoms with Crippen LogP contribution in [0, 0.1) is 5.92 Å². The Kier molecular flexibility index (Phi) is 4.43. The Morgan fingerprint density at radius 3 is 2.65 bits per heavy atom. The molecule has 3 heteroatoms. The maximum atomic E-state index is 11.8. The Bertz CT molecular complexity index is 366. The van der Waals surface area contributed by atoms with E-state index in [9.17, 15) is 4.79 Å². The van der Waals surface area contributed by atoms with Gasteiger partial charge in [0.05, 0.1) is 0 Å². The van der Waals surface area contributed by atoms with Gasteiger partial charge in [0.25, 0.3) is 5.91 Å². The summed E-state index contributed by atoms with van der Waals surface area (Å²) in [5.74, 6) is 0.429. The highest BCUT2D eigenvalue weighted by molar-refractivity contribution is 6.20. The quantitative estimate of drug-likeness (QED) is 0.822. The molecule has 1 aliphatic carbocycles. The first kappa shape index (κ1) is 12.4. The highest BCUT2D eigenvalue weighted by atomic mass is 35.5.